The molecule has 0 aromatic rings. The molecule has 0 radical (unpaired) electrons. The fraction of sp³-hybridized carbons (Fsp3) is 0.846. The summed E-state index contributed by atoms with van der Waals surface area (Å²) in [4.78, 5) is 22.9. The topological polar surface area (TPSA) is 46.2 Å². The third-order valence-electron chi connectivity index (χ3n) is 3.44. The van der Waals surface area contributed by atoms with Gasteiger partial charge in [0.2, 0.25) is 5.91 Å². The maximum atomic E-state index is 11.8. The summed E-state index contributed by atoms with van der Waals surface area (Å²) in [6.07, 6.45) is 0.484. The number of ketones is 1. The molecule has 0 bridgehead atoms. The van der Waals surface area contributed by atoms with E-state index in [1.807, 2.05) is 41.5 Å². The van der Waals surface area contributed by atoms with E-state index >= 15 is 0 Å². The zero-order valence-corrected chi connectivity index (χ0v) is 11.6. The minimum absolute atomic E-state index is 0.0485. The van der Waals surface area contributed by atoms with Gasteiger partial charge in [0.1, 0.15) is 5.78 Å². The van der Waals surface area contributed by atoms with Crippen LogP contribution in [0.15, 0.2) is 0 Å². The molecule has 94 valence electrons. The van der Waals surface area contributed by atoms with Gasteiger partial charge in [-0.05, 0) is 19.3 Å². The van der Waals surface area contributed by atoms with Crippen LogP contribution in [-0.2, 0) is 9.59 Å². The molecule has 0 rings (SSSR count). The van der Waals surface area contributed by atoms with Gasteiger partial charge in [0.15, 0.2) is 0 Å². The van der Waals surface area contributed by atoms with Gasteiger partial charge in [-0.3, -0.25) is 9.59 Å². The Morgan fingerprint density at radius 2 is 1.56 bits per heavy atom. The molecule has 3 heteroatoms. The number of hydrogen-bond donors (Lipinski definition) is 1. The Morgan fingerprint density at radius 1 is 1.12 bits per heavy atom. The number of nitrogens with one attached hydrogen (secondary N) is 1. The molecule has 0 aromatic heterocycles. The molecular weight excluding hydrogens is 202 g/mol. The fourth-order valence-electron chi connectivity index (χ4n) is 1.47. The van der Waals surface area contributed by atoms with Crippen LogP contribution in [0.2, 0.25) is 0 Å². The molecule has 0 atom stereocenters. The molecule has 0 aromatic carbocycles. The molecule has 0 saturated carbocycles. The van der Waals surface area contributed by atoms with Crippen molar-refractivity contribution in [2.45, 2.75) is 60.4 Å². The van der Waals surface area contributed by atoms with E-state index in [9.17, 15) is 9.59 Å². The van der Waals surface area contributed by atoms with Crippen LogP contribution in [0.3, 0.4) is 0 Å². The highest BCUT2D eigenvalue weighted by Gasteiger charge is 2.39. The van der Waals surface area contributed by atoms with Crippen molar-refractivity contribution in [2.75, 3.05) is 0 Å². The maximum absolute atomic E-state index is 11.8. The molecule has 0 aliphatic rings. The monoisotopic (exact) mass is 227 g/mol. The van der Waals surface area contributed by atoms with Crippen LogP contribution in [0.1, 0.15) is 54.9 Å². The van der Waals surface area contributed by atoms with Gasteiger partial charge < -0.3 is 5.32 Å². The smallest absolute Gasteiger partial charge is 0.217 e. The average Bonchev–Trinajstić information content (AvgIpc) is 1.99. The normalized spacial score (nSPS) is 12.8. The number of rotatable bonds is 5. The van der Waals surface area contributed by atoms with Crippen LogP contribution in [0.5, 0.6) is 0 Å². The van der Waals surface area contributed by atoms with E-state index < -0.39 is 0 Å². The number of amides is 1. The molecule has 1 amide bonds. The van der Waals surface area contributed by atoms with Gasteiger partial charge >= 0.3 is 0 Å². The quantitative estimate of drug-likeness (QED) is 0.784. The second kappa shape index (κ2) is 4.98. The summed E-state index contributed by atoms with van der Waals surface area (Å²) in [7, 11) is 0. The average molecular weight is 227 g/mol. The summed E-state index contributed by atoms with van der Waals surface area (Å²) in [6.45, 7) is 13.3. The van der Waals surface area contributed by atoms with Crippen LogP contribution in [-0.4, -0.2) is 17.2 Å². The molecular formula is C13H25NO2. The lowest BCUT2D eigenvalue weighted by Gasteiger charge is -2.42. The molecule has 0 heterocycles. The van der Waals surface area contributed by atoms with Gasteiger partial charge in [-0.15, -0.1) is 0 Å². The third kappa shape index (κ3) is 3.95. The summed E-state index contributed by atoms with van der Waals surface area (Å²) < 4.78 is 0. The predicted octanol–water partition coefficient (Wildman–Crippen LogP) is 2.54. The minimum Gasteiger partial charge on any atom is -0.351 e. The number of Topliss-reactive ketones (excluding diaryl/α,β-unsaturated/α-hetero) is 1. The summed E-state index contributed by atoms with van der Waals surface area (Å²) in [5, 5.41) is 2.91. The highest BCUT2D eigenvalue weighted by molar-refractivity contribution is 5.81. The molecule has 0 spiro atoms. The lowest BCUT2D eigenvalue weighted by molar-refractivity contribution is -0.127. The van der Waals surface area contributed by atoms with Crippen LogP contribution in [0, 0.1) is 11.3 Å². The highest BCUT2D eigenvalue weighted by atomic mass is 16.1. The Kier molecular flexibility index (Phi) is 4.71. The largest absolute Gasteiger partial charge is 0.351 e. The first-order chi connectivity index (χ1) is 6.99. The SMILES string of the molecule is CC(=O)NC(C)(C)C(C)(C)CC(=O)C(C)C. The van der Waals surface area contributed by atoms with Crippen LogP contribution in [0.4, 0.5) is 0 Å². The predicted molar refractivity (Wildman–Crippen MR) is 66.1 cm³/mol. The molecule has 0 unspecified atom stereocenters. The van der Waals surface area contributed by atoms with E-state index in [-0.39, 0.29) is 28.6 Å². The number of carbonyl (C=O) groups excluding carboxylic acids is 2. The molecule has 0 saturated heterocycles. The number of carbonyl (C=O) groups is 2. The molecule has 0 fully saturated rings. The second-order valence-electron chi connectivity index (χ2n) is 5.99. The van der Waals surface area contributed by atoms with Crippen molar-refractivity contribution in [3.05, 3.63) is 0 Å². The Hall–Kier alpha value is -0.860. The van der Waals surface area contributed by atoms with Crippen molar-refractivity contribution in [1.82, 2.24) is 5.32 Å². The van der Waals surface area contributed by atoms with E-state index in [0.717, 1.165) is 0 Å². The van der Waals surface area contributed by atoms with E-state index in [2.05, 4.69) is 5.32 Å². The first kappa shape index (κ1) is 15.1. The summed E-state index contributed by atoms with van der Waals surface area (Å²) in [5.74, 6) is 0.228. The van der Waals surface area contributed by atoms with Crippen LogP contribution in [0.25, 0.3) is 0 Å². The Morgan fingerprint density at radius 3 is 1.88 bits per heavy atom. The lowest BCUT2D eigenvalue weighted by Crippen LogP contribution is -2.54. The Bertz CT molecular complexity index is 278. The second-order valence-corrected chi connectivity index (χ2v) is 5.99. The highest BCUT2D eigenvalue weighted by Crippen LogP contribution is 2.35. The standard InChI is InChI=1S/C13H25NO2/c1-9(2)11(16)8-12(4,5)13(6,7)14-10(3)15/h9H,8H2,1-7H3,(H,14,15). The van der Waals surface area contributed by atoms with E-state index in [1.54, 1.807) is 0 Å². The first-order valence-corrected chi connectivity index (χ1v) is 5.81. The number of hydrogen-bond acceptors (Lipinski definition) is 2. The fourth-order valence-corrected chi connectivity index (χ4v) is 1.47. The lowest BCUT2D eigenvalue weighted by atomic mass is 9.70. The molecule has 1 N–H and O–H groups in total. The Balaban J connectivity index is 4.76. The van der Waals surface area contributed by atoms with Crippen molar-refractivity contribution in [3.63, 3.8) is 0 Å². The van der Waals surface area contributed by atoms with Gasteiger partial charge in [-0.25, -0.2) is 0 Å². The molecule has 3 nitrogen and oxygen atoms in total. The van der Waals surface area contributed by atoms with Crippen molar-refractivity contribution < 1.29 is 9.59 Å². The van der Waals surface area contributed by atoms with Crippen molar-refractivity contribution in [1.29, 1.82) is 0 Å². The van der Waals surface area contributed by atoms with Gasteiger partial charge in [-0.1, -0.05) is 27.7 Å². The Labute approximate surface area is 99.0 Å². The molecule has 16 heavy (non-hydrogen) atoms. The van der Waals surface area contributed by atoms with E-state index in [1.165, 1.54) is 6.92 Å². The van der Waals surface area contributed by atoms with E-state index in [0.29, 0.717) is 6.42 Å². The van der Waals surface area contributed by atoms with Crippen molar-refractivity contribution >= 4 is 11.7 Å². The summed E-state index contributed by atoms with van der Waals surface area (Å²) >= 11 is 0. The van der Waals surface area contributed by atoms with Gasteiger partial charge in [0.05, 0.1) is 0 Å². The van der Waals surface area contributed by atoms with Gasteiger partial charge in [0, 0.05) is 24.8 Å². The first-order valence-electron chi connectivity index (χ1n) is 5.81. The molecule has 0 aliphatic carbocycles. The van der Waals surface area contributed by atoms with Gasteiger partial charge in [0.25, 0.3) is 0 Å². The maximum Gasteiger partial charge on any atom is 0.217 e. The zero-order valence-electron chi connectivity index (χ0n) is 11.6. The van der Waals surface area contributed by atoms with Crippen LogP contribution < -0.4 is 5.32 Å². The van der Waals surface area contributed by atoms with Crippen LogP contribution >= 0.6 is 0 Å². The summed E-state index contributed by atoms with van der Waals surface area (Å²) in [5.41, 5.74) is -0.636. The summed E-state index contributed by atoms with van der Waals surface area (Å²) in [6, 6.07) is 0. The van der Waals surface area contributed by atoms with E-state index in [4.69, 9.17) is 0 Å². The zero-order chi connectivity index (χ0) is 13.1. The molecule has 0 aliphatic heterocycles. The third-order valence-corrected chi connectivity index (χ3v) is 3.44. The van der Waals surface area contributed by atoms with Crippen molar-refractivity contribution in [3.8, 4) is 0 Å². The van der Waals surface area contributed by atoms with Crippen molar-refractivity contribution in [2.24, 2.45) is 11.3 Å². The van der Waals surface area contributed by atoms with Gasteiger partial charge in [-0.2, -0.15) is 0 Å². The minimum atomic E-state index is -0.386.